The number of hydrogen-bond donors (Lipinski definition) is 2. The zero-order valence-corrected chi connectivity index (χ0v) is 17.7. The first-order valence-electron chi connectivity index (χ1n) is 8.80. The Hall–Kier alpha value is -1.87. The Morgan fingerprint density at radius 2 is 1.79 bits per heavy atom. The van der Waals surface area contributed by atoms with E-state index in [1.807, 2.05) is 30.3 Å². The molecule has 1 aromatic carbocycles. The molecule has 0 aliphatic carbocycles. The Balaban J connectivity index is 0.00000280. The fourth-order valence-electron chi connectivity index (χ4n) is 3.24. The molecule has 1 aliphatic rings. The molecular weight excluding hydrogens is 402 g/mol. The van der Waals surface area contributed by atoms with Crippen molar-refractivity contribution in [2.45, 2.75) is 43.4 Å². The summed E-state index contributed by atoms with van der Waals surface area (Å²) in [5.41, 5.74) is 6.66. The van der Waals surface area contributed by atoms with Crippen molar-refractivity contribution in [2.24, 2.45) is 5.73 Å². The van der Waals surface area contributed by atoms with Crippen molar-refractivity contribution in [1.29, 1.82) is 0 Å². The molecule has 28 heavy (non-hydrogen) atoms. The molecule has 9 heteroatoms. The Morgan fingerprint density at radius 3 is 2.39 bits per heavy atom. The van der Waals surface area contributed by atoms with E-state index in [0.29, 0.717) is 13.1 Å². The van der Waals surface area contributed by atoms with Crippen LogP contribution in [0.15, 0.2) is 52.0 Å². The average molecular weight is 428 g/mol. The highest BCUT2D eigenvalue weighted by Gasteiger charge is 2.36. The van der Waals surface area contributed by atoms with Crippen molar-refractivity contribution in [2.75, 3.05) is 13.1 Å². The number of amides is 1. The van der Waals surface area contributed by atoms with Gasteiger partial charge in [-0.1, -0.05) is 30.3 Å². The smallest absolute Gasteiger partial charge is 0.289 e. The van der Waals surface area contributed by atoms with Gasteiger partial charge in [-0.3, -0.25) is 4.79 Å². The van der Waals surface area contributed by atoms with Crippen molar-refractivity contribution in [3.05, 3.63) is 53.8 Å². The molecule has 3 N–H and O–H groups in total. The quantitative estimate of drug-likeness (QED) is 0.779. The minimum atomic E-state index is -3.83. The second kappa shape index (κ2) is 8.24. The van der Waals surface area contributed by atoms with Crippen LogP contribution >= 0.6 is 12.4 Å². The van der Waals surface area contributed by atoms with Crippen LogP contribution in [0, 0.1) is 0 Å². The van der Waals surface area contributed by atoms with Crippen molar-refractivity contribution >= 4 is 28.3 Å². The molecule has 1 fully saturated rings. The summed E-state index contributed by atoms with van der Waals surface area (Å²) in [6.45, 7) is 6.05. The van der Waals surface area contributed by atoms with E-state index in [1.54, 1.807) is 25.7 Å². The topological polar surface area (TPSA) is 106 Å². The third kappa shape index (κ3) is 4.94. The number of nitrogens with two attached hydrogens (primary N) is 1. The van der Waals surface area contributed by atoms with Gasteiger partial charge in [-0.05, 0) is 38.5 Å². The number of furan rings is 1. The molecule has 2 atom stereocenters. The Kier molecular flexibility index (Phi) is 6.60. The van der Waals surface area contributed by atoms with Crippen molar-refractivity contribution in [1.82, 2.24) is 9.62 Å². The summed E-state index contributed by atoms with van der Waals surface area (Å²) in [6, 6.07) is 12.3. The summed E-state index contributed by atoms with van der Waals surface area (Å²) in [7, 11) is -3.83. The monoisotopic (exact) mass is 427 g/mol. The van der Waals surface area contributed by atoms with Crippen LogP contribution in [0.3, 0.4) is 0 Å². The van der Waals surface area contributed by atoms with Crippen molar-refractivity contribution < 1.29 is 17.6 Å². The number of nitrogens with zero attached hydrogens (tertiary/aromatic N) is 1. The molecule has 1 aliphatic heterocycles. The lowest BCUT2D eigenvalue weighted by Gasteiger charge is -2.19. The molecule has 0 unspecified atom stereocenters. The van der Waals surface area contributed by atoms with E-state index in [-0.39, 0.29) is 41.1 Å². The molecule has 2 heterocycles. The minimum absolute atomic E-state index is 0. The molecule has 1 saturated heterocycles. The molecule has 2 aromatic rings. The van der Waals surface area contributed by atoms with E-state index >= 15 is 0 Å². The maximum Gasteiger partial charge on any atom is 0.289 e. The van der Waals surface area contributed by atoms with Gasteiger partial charge < -0.3 is 15.1 Å². The molecule has 0 radical (unpaired) electrons. The van der Waals surface area contributed by atoms with Gasteiger partial charge in [0, 0.05) is 30.6 Å². The van der Waals surface area contributed by atoms with E-state index in [1.165, 1.54) is 12.1 Å². The van der Waals surface area contributed by atoms with Gasteiger partial charge in [0.05, 0.1) is 0 Å². The first-order valence-corrected chi connectivity index (χ1v) is 10.3. The predicted molar refractivity (Wildman–Crippen MR) is 109 cm³/mol. The minimum Gasteiger partial charge on any atom is -0.438 e. The van der Waals surface area contributed by atoms with Gasteiger partial charge in [0.25, 0.3) is 15.9 Å². The second-order valence-electron chi connectivity index (χ2n) is 7.87. The van der Waals surface area contributed by atoms with E-state index in [2.05, 4.69) is 4.72 Å². The SMILES string of the molecule is CC(C)(C)NS(=O)(=O)c1ccc(C(=O)N2C[C@@H](N)[C@H](c3ccccc3)C2)o1.Cl. The first-order chi connectivity index (χ1) is 12.6. The van der Waals surface area contributed by atoms with Crippen LogP contribution < -0.4 is 10.5 Å². The Labute approximate surface area is 171 Å². The molecule has 3 rings (SSSR count). The highest BCUT2D eigenvalue weighted by molar-refractivity contribution is 7.89. The fraction of sp³-hybridized carbons (Fsp3) is 0.421. The number of hydrogen-bond acceptors (Lipinski definition) is 5. The summed E-state index contributed by atoms with van der Waals surface area (Å²) in [5, 5.41) is -0.274. The lowest BCUT2D eigenvalue weighted by molar-refractivity contribution is 0.0751. The Bertz CT molecular complexity index is 922. The number of rotatable bonds is 4. The molecule has 7 nitrogen and oxygen atoms in total. The largest absolute Gasteiger partial charge is 0.438 e. The average Bonchev–Trinajstić information content (AvgIpc) is 3.20. The number of carbonyl (C=O) groups is 1. The van der Waals surface area contributed by atoms with Crippen LogP contribution in [0.25, 0.3) is 0 Å². The van der Waals surface area contributed by atoms with Crippen LogP contribution in [0.1, 0.15) is 42.8 Å². The fourth-order valence-corrected chi connectivity index (χ4v) is 4.59. The van der Waals surface area contributed by atoms with Crippen molar-refractivity contribution in [3.8, 4) is 0 Å². The summed E-state index contributed by atoms with van der Waals surface area (Å²) < 4.78 is 32.6. The third-order valence-corrected chi connectivity index (χ3v) is 6.01. The van der Waals surface area contributed by atoms with Gasteiger partial charge in [0.2, 0.25) is 5.09 Å². The van der Waals surface area contributed by atoms with Crippen molar-refractivity contribution in [3.63, 3.8) is 0 Å². The van der Waals surface area contributed by atoms with Crippen LogP contribution in [0.2, 0.25) is 0 Å². The van der Waals surface area contributed by atoms with Crippen LogP contribution in [-0.4, -0.2) is 43.9 Å². The highest BCUT2D eigenvalue weighted by atomic mass is 35.5. The van der Waals surface area contributed by atoms with E-state index in [4.69, 9.17) is 10.2 Å². The van der Waals surface area contributed by atoms with E-state index < -0.39 is 15.6 Å². The summed E-state index contributed by atoms with van der Waals surface area (Å²) in [6.07, 6.45) is 0. The van der Waals surface area contributed by atoms with Crippen LogP contribution in [0.5, 0.6) is 0 Å². The number of sulfonamides is 1. The van der Waals surface area contributed by atoms with Gasteiger partial charge in [0.1, 0.15) is 0 Å². The number of nitrogens with one attached hydrogen (secondary N) is 1. The predicted octanol–water partition coefficient (Wildman–Crippen LogP) is 2.35. The van der Waals surface area contributed by atoms with Gasteiger partial charge in [-0.25, -0.2) is 13.1 Å². The van der Waals surface area contributed by atoms with Gasteiger partial charge >= 0.3 is 0 Å². The summed E-state index contributed by atoms with van der Waals surface area (Å²) >= 11 is 0. The van der Waals surface area contributed by atoms with Gasteiger partial charge in [-0.2, -0.15) is 0 Å². The molecule has 0 spiro atoms. The number of halogens is 1. The highest BCUT2D eigenvalue weighted by Crippen LogP contribution is 2.28. The molecule has 1 aromatic heterocycles. The lowest BCUT2D eigenvalue weighted by atomic mass is 9.95. The van der Waals surface area contributed by atoms with Crippen LogP contribution in [0.4, 0.5) is 0 Å². The van der Waals surface area contributed by atoms with Gasteiger partial charge in [0.15, 0.2) is 5.76 Å². The standard InChI is InChI=1S/C19H25N3O4S.ClH/c1-19(2,3)21-27(24,25)17-10-9-16(26-17)18(23)22-11-14(15(20)12-22)13-7-5-4-6-8-13;/h4-10,14-15,21H,11-12,20H2,1-3H3;1H/t14-,15+;/m0./s1. The summed E-state index contributed by atoms with van der Waals surface area (Å²) in [4.78, 5) is 14.4. The summed E-state index contributed by atoms with van der Waals surface area (Å²) in [5.74, 6) is -0.331. The number of carbonyl (C=O) groups excluding carboxylic acids is 1. The first kappa shape index (κ1) is 22.4. The molecule has 0 bridgehead atoms. The molecular formula is C19H26ClN3O4S. The molecule has 0 saturated carbocycles. The van der Waals surface area contributed by atoms with E-state index in [9.17, 15) is 13.2 Å². The van der Waals surface area contributed by atoms with Gasteiger partial charge in [-0.15, -0.1) is 12.4 Å². The number of likely N-dealkylation sites (tertiary alicyclic amines) is 1. The zero-order valence-electron chi connectivity index (χ0n) is 16.1. The lowest BCUT2D eigenvalue weighted by Crippen LogP contribution is -2.40. The second-order valence-corrected chi connectivity index (χ2v) is 9.48. The zero-order chi connectivity index (χ0) is 19.8. The number of benzene rings is 1. The Morgan fingerprint density at radius 1 is 1.14 bits per heavy atom. The normalized spacial score (nSPS) is 20.1. The molecule has 154 valence electrons. The maximum absolute atomic E-state index is 12.8. The maximum atomic E-state index is 12.8. The molecule has 1 amide bonds. The third-order valence-electron chi connectivity index (χ3n) is 4.38. The van der Waals surface area contributed by atoms with Crippen LogP contribution in [-0.2, 0) is 10.0 Å². The van der Waals surface area contributed by atoms with E-state index in [0.717, 1.165) is 5.56 Å².